The van der Waals surface area contributed by atoms with Crippen LogP contribution in [0.25, 0.3) is 0 Å². The minimum atomic E-state index is 0. The third-order valence-corrected chi connectivity index (χ3v) is 5.46. The first kappa shape index (κ1) is 30.8. The quantitative estimate of drug-likeness (QED) is 0.0920. The van der Waals surface area contributed by atoms with E-state index in [0.717, 1.165) is 0 Å². The van der Waals surface area contributed by atoms with Crippen LogP contribution >= 0.6 is 0 Å². The van der Waals surface area contributed by atoms with E-state index < -0.39 is 0 Å². The molecule has 0 atom stereocenters. The summed E-state index contributed by atoms with van der Waals surface area (Å²) in [5.41, 5.74) is 2.54. The summed E-state index contributed by atoms with van der Waals surface area (Å²) in [6.45, 7) is 0. The van der Waals surface area contributed by atoms with E-state index in [-0.39, 0.29) is 44.9 Å². The summed E-state index contributed by atoms with van der Waals surface area (Å²) in [6, 6.07) is 32.0. The number of carbonyl (C=O) groups excluding carboxylic acids is 4. The van der Waals surface area contributed by atoms with Crippen molar-refractivity contribution in [3.63, 3.8) is 0 Å². The molecule has 4 aromatic rings. The average Bonchev–Trinajstić information content (AvgIpc) is 2.98. The Labute approximate surface area is 242 Å². The smallest absolute Gasteiger partial charge is 0.255 e. The first-order valence-electron chi connectivity index (χ1n) is 11.7. The Balaban J connectivity index is 0.000000267. The molecule has 4 N–H and O–H groups in total. The zero-order valence-electron chi connectivity index (χ0n) is 21.7. The maximum atomic E-state index is 9.96. The monoisotopic (exact) mass is 558 g/mol. The van der Waals surface area contributed by atoms with Crippen LogP contribution in [0, 0.1) is 12.8 Å². The zero-order valence-corrected chi connectivity index (χ0v) is 23.2. The molecule has 0 aliphatic carbocycles. The zero-order chi connectivity index (χ0) is 27.3. The van der Waals surface area contributed by atoms with Gasteiger partial charge in [-0.3, -0.25) is 0 Å². The molecule has 0 aromatic heterocycles. The van der Waals surface area contributed by atoms with Crippen molar-refractivity contribution < 1.29 is 50.4 Å². The summed E-state index contributed by atoms with van der Waals surface area (Å²) in [6.07, 6.45) is 2.66. The second kappa shape index (κ2) is 15.8. The third kappa shape index (κ3) is 9.45. The van der Waals surface area contributed by atoms with E-state index in [1.165, 1.54) is 12.8 Å². The number of ether oxygens (including phenoxy) is 2. The molecule has 0 unspecified atom stereocenters. The minimum Gasteiger partial charge on any atom is -0.497 e. The van der Waals surface area contributed by atoms with Crippen molar-refractivity contribution in [2.24, 2.45) is 0 Å². The molecule has 196 valence electrons. The number of methoxy groups -OCH3 is 2. The van der Waals surface area contributed by atoms with Crippen molar-refractivity contribution in [1.82, 2.24) is 0 Å². The van der Waals surface area contributed by atoms with Gasteiger partial charge in [-0.1, -0.05) is 60.7 Å². The standard InChI is InChI=1S/2C16H13O3.Ti/c2*1-19-14-9-7-13(8-10-14)16(18)11-15(17)12-5-3-2-4-6-12;/h2*2-11H,1H3;/q2*-1;/p+4. The van der Waals surface area contributed by atoms with E-state index in [0.29, 0.717) is 33.8 Å². The van der Waals surface area contributed by atoms with Gasteiger partial charge in [0, 0.05) is 34.6 Å². The van der Waals surface area contributed by atoms with Crippen LogP contribution in [0.1, 0.15) is 22.3 Å². The fraction of sp³-hybridized carbons (Fsp3) is 0.0625. The Morgan fingerprint density at radius 3 is 0.949 bits per heavy atom. The number of rotatable bonds is 10. The predicted octanol–water partition coefficient (Wildman–Crippen LogP) is 4.77. The molecule has 4 aromatic carbocycles. The summed E-state index contributed by atoms with van der Waals surface area (Å²) in [7, 11) is 3.17. The van der Waals surface area contributed by atoms with Crippen molar-refractivity contribution in [2.45, 2.75) is 0 Å². The second-order valence-corrected chi connectivity index (χ2v) is 8.02. The molecule has 0 radical (unpaired) electrons. The van der Waals surface area contributed by atoms with Crippen molar-refractivity contribution in [1.29, 1.82) is 0 Å². The van der Waals surface area contributed by atoms with E-state index in [4.69, 9.17) is 9.47 Å². The van der Waals surface area contributed by atoms with Crippen LogP contribution in [0.15, 0.2) is 109 Å². The van der Waals surface area contributed by atoms with Gasteiger partial charge in [-0.2, -0.15) is 0 Å². The van der Waals surface area contributed by atoms with Gasteiger partial charge in [0.05, 0.1) is 14.2 Å². The van der Waals surface area contributed by atoms with Crippen LogP contribution < -0.4 is 9.47 Å². The van der Waals surface area contributed by atoms with E-state index in [9.17, 15) is 19.2 Å². The summed E-state index contributed by atoms with van der Waals surface area (Å²) >= 11 is 0. The fourth-order valence-corrected chi connectivity index (χ4v) is 3.33. The van der Waals surface area contributed by atoms with E-state index >= 15 is 0 Å². The number of ketones is 4. The Morgan fingerprint density at radius 2 is 0.692 bits per heavy atom. The summed E-state index contributed by atoms with van der Waals surface area (Å²) in [4.78, 5) is 39.7. The number of hydrogen-bond acceptors (Lipinski definition) is 2. The van der Waals surface area contributed by atoms with Crippen LogP contribution in [0.2, 0.25) is 0 Å². The van der Waals surface area contributed by atoms with Crippen molar-refractivity contribution in [2.75, 3.05) is 14.2 Å². The van der Waals surface area contributed by atoms with Crippen LogP contribution in [0.3, 0.4) is 0 Å². The van der Waals surface area contributed by atoms with Crippen molar-refractivity contribution in [3.05, 3.63) is 144 Å². The molecular formula is C32H30O6Ti+2. The van der Waals surface area contributed by atoms with Crippen molar-refractivity contribution in [3.8, 4) is 11.5 Å². The first-order chi connectivity index (χ1) is 18.4. The summed E-state index contributed by atoms with van der Waals surface area (Å²) < 4.78 is 10.1. The Morgan fingerprint density at radius 1 is 0.436 bits per heavy atom. The molecule has 0 aliphatic rings. The maximum absolute atomic E-state index is 9.96. The minimum absolute atomic E-state index is 0. The number of benzene rings is 4. The molecule has 7 heteroatoms. The number of hydrogen-bond donors (Lipinski definition) is 0. The molecule has 4 rings (SSSR count). The SMILES string of the molecule is COc1ccc(C(=[OH+])[CH-]C(=[OH+])c2ccccc2)cc1.COc1ccc(C(=[OH+])[CH-]C(=[OH+])c2ccccc2)cc1.[Ti]. The van der Waals surface area contributed by atoms with Gasteiger partial charge in [0.15, 0.2) is 0 Å². The van der Waals surface area contributed by atoms with Gasteiger partial charge in [-0.05, 0) is 46.5 Å². The second-order valence-electron chi connectivity index (χ2n) is 8.02. The normalized spacial score (nSPS) is 9.49. The molecule has 0 saturated carbocycles. The molecule has 0 saturated heterocycles. The van der Waals surface area contributed by atoms with Gasteiger partial charge in [-0.15, -0.1) is 24.3 Å². The molecule has 0 aliphatic heterocycles. The molecule has 0 spiro atoms. The van der Waals surface area contributed by atoms with Gasteiger partial charge in [-0.25, -0.2) is 0 Å². The molecule has 39 heavy (non-hydrogen) atoms. The van der Waals surface area contributed by atoms with Gasteiger partial charge >= 0.3 is 0 Å². The topological polar surface area (TPSA) is 104 Å². The van der Waals surface area contributed by atoms with Crippen LogP contribution in [0.4, 0.5) is 0 Å². The molecule has 0 bridgehead atoms. The first-order valence-corrected chi connectivity index (χ1v) is 11.7. The van der Waals surface area contributed by atoms with Crippen LogP contribution in [-0.4, -0.2) is 56.5 Å². The van der Waals surface area contributed by atoms with Gasteiger partial charge in [0.1, 0.15) is 11.5 Å². The summed E-state index contributed by atoms with van der Waals surface area (Å²) in [5, 5.41) is 0. The van der Waals surface area contributed by atoms with Gasteiger partial charge in [0.2, 0.25) is 0 Å². The molecular weight excluding hydrogens is 528 g/mol. The maximum Gasteiger partial charge on any atom is 0.255 e. The molecule has 6 nitrogen and oxygen atoms in total. The average molecular weight is 558 g/mol. The Bertz CT molecular complexity index is 1260. The Kier molecular flexibility index (Phi) is 12.5. The van der Waals surface area contributed by atoms with Crippen LogP contribution in [-0.2, 0) is 21.7 Å². The predicted molar refractivity (Wildman–Crippen MR) is 152 cm³/mol. The van der Waals surface area contributed by atoms with E-state index in [1.807, 2.05) is 36.4 Å². The fourth-order valence-electron chi connectivity index (χ4n) is 3.33. The largest absolute Gasteiger partial charge is 0.497 e. The molecule has 0 amide bonds. The molecule has 0 fully saturated rings. The van der Waals surface area contributed by atoms with Gasteiger partial charge in [0.25, 0.3) is 23.1 Å². The van der Waals surface area contributed by atoms with E-state index in [1.54, 1.807) is 87.0 Å². The van der Waals surface area contributed by atoms with Gasteiger partial charge < -0.3 is 28.7 Å². The molecule has 0 heterocycles. The van der Waals surface area contributed by atoms with E-state index in [2.05, 4.69) is 0 Å². The Hall–Kier alpha value is -4.39. The van der Waals surface area contributed by atoms with Crippen molar-refractivity contribution >= 4 is 23.1 Å². The third-order valence-electron chi connectivity index (χ3n) is 5.46. The summed E-state index contributed by atoms with van der Waals surface area (Å²) in [5.74, 6) is 1.48. The van der Waals surface area contributed by atoms with Crippen LogP contribution in [0.5, 0.6) is 11.5 Å².